The number of urea groups is 1. The van der Waals surface area contributed by atoms with Gasteiger partial charge in [-0.25, -0.2) is 18.2 Å². The molecule has 0 spiro atoms. The number of nitrogens with one attached hydrogen (secondary N) is 5. The van der Waals surface area contributed by atoms with Crippen LogP contribution in [0, 0.1) is 5.92 Å². The van der Waals surface area contributed by atoms with Crippen molar-refractivity contribution in [3.05, 3.63) is 60.3 Å². The predicted molar refractivity (Wildman–Crippen MR) is 207 cm³/mol. The number of benzene rings is 1. The summed E-state index contributed by atoms with van der Waals surface area (Å²) in [5, 5.41) is 10.9. The van der Waals surface area contributed by atoms with Crippen LogP contribution >= 0.6 is 0 Å². The summed E-state index contributed by atoms with van der Waals surface area (Å²) in [6.45, 7) is 0.902. The van der Waals surface area contributed by atoms with E-state index in [0.717, 1.165) is 44.1 Å². The van der Waals surface area contributed by atoms with E-state index in [2.05, 4.69) is 31.0 Å². The van der Waals surface area contributed by atoms with E-state index in [9.17, 15) is 32.4 Å². The molecular formula is C40H51N7O8S. The molecule has 1 saturated heterocycles. The molecule has 3 aliphatic heterocycles. The summed E-state index contributed by atoms with van der Waals surface area (Å²) in [6.07, 6.45) is 11.5. The Hall–Kier alpha value is -4.99. The van der Waals surface area contributed by atoms with Crippen LogP contribution in [0.25, 0.3) is 11.3 Å². The van der Waals surface area contributed by atoms with Crippen molar-refractivity contribution < 1.29 is 37.1 Å². The number of carbonyl (C=O) groups is 5. The molecule has 5 atom stereocenters. The number of hydrogen-bond donors (Lipinski definition) is 5. The summed E-state index contributed by atoms with van der Waals surface area (Å²) in [4.78, 5) is 75.4. The van der Waals surface area contributed by atoms with E-state index in [-0.39, 0.29) is 25.1 Å². The van der Waals surface area contributed by atoms with E-state index >= 15 is 0 Å². The van der Waals surface area contributed by atoms with E-state index in [4.69, 9.17) is 4.74 Å². The van der Waals surface area contributed by atoms with Gasteiger partial charge in [0.2, 0.25) is 21.8 Å². The van der Waals surface area contributed by atoms with E-state index < -0.39 is 74.5 Å². The Morgan fingerprint density at radius 1 is 0.911 bits per heavy atom. The number of carbonyl (C=O) groups excluding carboxylic acids is 5. The maximum absolute atomic E-state index is 14.5. The number of nitrogens with zero attached hydrogens (tertiary/aromatic N) is 2. The average Bonchev–Trinajstić information content (AvgIpc) is 4.11. The fourth-order valence-corrected chi connectivity index (χ4v) is 9.18. The van der Waals surface area contributed by atoms with Crippen molar-refractivity contribution in [2.45, 2.75) is 112 Å². The third-order valence-electron chi connectivity index (χ3n) is 11.3. The molecule has 6 amide bonds. The largest absolute Gasteiger partial charge is 0.494 e. The van der Waals surface area contributed by atoms with Crippen LogP contribution in [0.15, 0.2) is 54.6 Å². The van der Waals surface area contributed by atoms with Crippen molar-refractivity contribution in [2.24, 2.45) is 5.92 Å². The van der Waals surface area contributed by atoms with Crippen molar-refractivity contribution in [2.75, 3.05) is 19.7 Å². The van der Waals surface area contributed by atoms with Crippen LogP contribution < -0.4 is 30.7 Å². The number of pyridine rings is 1. The molecule has 300 valence electrons. The van der Waals surface area contributed by atoms with Crippen LogP contribution in [-0.4, -0.2) is 96.6 Å². The second-order valence-electron chi connectivity index (χ2n) is 15.6. The molecule has 1 aromatic carbocycles. The number of ether oxygens (including phenoxy) is 1. The van der Waals surface area contributed by atoms with Crippen molar-refractivity contribution in [3.63, 3.8) is 0 Å². The van der Waals surface area contributed by atoms with Gasteiger partial charge in [0.15, 0.2) is 0 Å². The minimum absolute atomic E-state index is 0.0138. The van der Waals surface area contributed by atoms with Crippen LogP contribution in [0.5, 0.6) is 5.75 Å². The minimum Gasteiger partial charge on any atom is -0.494 e. The molecule has 4 heterocycles. The lowest BCUT2D eigenvalue weighted by molar-refractivity contribution is -0.141. The Morgan fingerprint density at radius 3 is 2.54 bits per heavy atom. The Bertz CT molecular complexity index is 1970. The number of allylic oxidation sites excluding steroid dienone is 1. The maximum Gasteiger partial charge on any atom is 0.315 e. The highest BCUT2D eigenvalue weighted by Gasteiger charge is 2.62. The highest BCUT2D eigenvalue weighted by Crippen LogP contribution is 2.46. The van der Waals surface area contributed by atoms with Crippen molar-refractivity contribution in [3.8, 4) is 17.0 Å². The molecule has 2 aromatic rings. The van der Waals surface area contributed by atoms with Gasteiger partial charge in [0.05, 0.1) is 17.6 Å². The van der Waals surface area contributed by atoms with Crippen molar-refractivity contribution >= 4 is 39.7 Å². The molecule has 5 N–H and O–H groups in total. The van der Waals surface area contributed by atoms with E-state index in [1.54, 1.807) is 18.2 Å². The van der Waals surface area contributed by atoms with Gasteiger partial charge in [0.1, 0.15) is 29.1 Å². The monoisotopic (exact) mass is 789 g/mol. The van der Waals surface area contributed by atoms with Gasteiger partial charge in [-0.05, 0) is 82.1 Å². The molecule has 7 rings (SSSR count). The molecule has 56 heavy (non-hydrogen) atoms. The quantitative estimate of drug-likeness (QED) is 0.290. The number of amides is 6. The molecule has 16 heteroatoms. The Kier molecular flexibility index (Phi) is 11.9. The zero-order chi connectivity index (χ0) is 39.3. The fraction of sp³-hybridized carbons (Fsp3) is 0.550. The first-order chi connectivity index (χ1) is 27.0. The molecule has 0 radical (unpaired) electrons. The summed E-state index contributed by atoms with van der Waals surface area (Å²) in [5.41, 5.74) is -0.0310. The smallest absolute Gasteiger partial charge is 0.315 e. The van der Waals surface area contributed by atoms with Gasteiger partial charge in [-0.3, -0.25) is 23.9 Å². The molecule has 0 unspecified atom stereocenters. The van der Waals surface area contributed by atoms with Gasteiger partial charge < -0.3 is 30.9 Å². The Balaban J connectivity index is 1.18. The standard InChI is InChI=1S/C40H51N7O8S/c48-35-32-17-11-16-31(43-32)26-12-10-14-29(22-26)55-21-9-5-4-8-20-41-39(52)44-33-15-7-3-1-2-6-13-27-24-40(27,38(51)46-56(53,54)30-18-19-30)45-36(49)34-23-28(42-35)25-47(34)37(33)50/h6,10-14,16-17,22,27-28,30,33-34H,1-5,7-9,15,18-21,23-25H2,(H,42,48)(H,45,49)(H,46,51)(H2,41,44,52)/b13-6-/t27-,28-,33+,34+,40-/m1/s1. The van der Waals surface area contributed by atoms with E-state index in [1.807, 2.05) is 36.4 Å². The summed E-state index contributed by atoms with van der Waals surface area (Å²) < 4.78 is 33.9. The zero-order valence-corrected chi connectivity index (χ0v) is 32.3. The van der Waals surface area contributed by atoms with Crippen LogP contribution in [0.2, 0.25) is 0 Å². The van der Waals surface area contributed by atoms with Gasteiger partial charge in [-0.15, -0.1) is 0 Å². The summed E-state index contributed by atoms with van der Waals surface area (Å²) in [6, 6.07) is 9.36. The normalized spacial score (nSPS) is 28.8. The van der Waals surface area contributed by atoms with Gasteiger partial charge in [0, 0.05) is 30.6 Å². The van der Waals surface area contributed by atoms with Crippen LogP contribution in [0.1, 0.15) is 94.0 Å². The first-order valence-corrected chi connectivity index (χ1v) is 21.5. The summed E-state index contributed by atoms with van der Waals surface area (Å²) in [7, 11) is -3.90. The third-order valence-corrected chi connectivity index (χ3v) is 13.1. The van der Waals surface area contributed by atoms with Gasteiger partial charge in [-0.2, -0.15) is 0 Å². The number of hydrogen-bond acceptors (Lipinski definition) is 9. The molecule has 15 nitrogen and oxygen atoms in total. The molecule has 5 aliphatic rings. The van der Waals surface area contributed by atoms with E-state index in [1.165, 1.54) is 4.90 Å². The first-order valence-electron chi connectivity index (χ1n) is 19.9. The first kappa shape index (κ1) is 39.3. The molecule has 1 aromatic heterocycles. The van der Waals surface area contributed by atoms with Gasteiger partial charge in [0.25, 0.3) is 11.8 Å². The lowest BCUT2D eigenvalue weighted by atomic mass is 10.0. The highest BCUT2D eigenvalue weighted by atomic mass is 32.2. The number of sulfonamides is 1. The highest BCUT2D eigenvalue weighted by molar-refractivity contribution is 7.91. The van der Waals surface area contributed by atoms with Gasteiger partial charge in [-0.1, -0.05) is 56.0 Å². The Morgan fingerprint density at radius 2 is 1.70 bits per heavy atom. The van der Waals surface area contributed by atoms with E-state index in [0.29, 0.717) is 56.7 Å². The average molecular weight is 790 g/mol. The lowest BCUT2D eigenvalue weighted by Gasteiger charge is -2.30. The SMILES string of the molecule is O=C1NCCCCCCOc2cccc(c2)-c2cccc(n2)C(=O)N[C@@H]2C[C@H]3C(=O)N[C@]4(C(=O)NS(=O)(=O)C5CC5)C[C@H]4/C=C\CCCCC[C@H](N1)C(=O)N3C2. The third kappa shape index (κ3) is 9.33. The molecule has 2 aliphatic carbocycles. The van der Waals surface area contributed by atoms with Crippen LogP contribution in [-0.2, 0) is 24.4 Å². The predicted octanol–water partition coefficient (Wildman–Crippen LogP) is 3.07. The number of aromatic nitrogens is 1. The second kappa shape index (κ2) is 17.0. The maximum atomic E-state index is 14.5. The van der Waals surface area contributed by atoms with Crippen molar-refractivity contribution in [1.82, 2.24) is 35.9 Å². The molecule has 7 bridgehead atoms. The zero-order valence-electron chi connectivity index (χ0n) is 31.5. The van der Waals surface area contributed by atoms with Crippen LogP contribution in [0.4, 0.5) is 4.79 Å². The second-order valence-corrected chi connectivity index (χ2v) is 17.5. The Labute approximate surface area is 327 Å². The van der Waals surface area contributed by atoms with Crippen molar-refractivity contribution in [1.29, 1.82) is 0 Å². The fourth-order valence-electron chi connectivity index (χ4n) is 7.81. The van der Waals surface area contributed by atoms with Gasteiger partial charge >= 0.3 is 6.03 Å². The summed E-state index contributed by atoms with van der Waals surface area (Å²) in [5.74, 6) is -2.19. The molecular weight excluding hydrogens is 739 g/mol. The number of fused-ring (bicyclic) bond motifs is 8. The topological polar surface area (TPSA) is 205 Å². The van der Waals surface area contributed by atoms with Crippen LogP contribution in [0.3, 0.4) is 0 Å². The molecule has 3 fully saturated rings. The lowest BCUT2D eigenvalue weighted by Crippen LogP contribution is -2.58. The minimum atomic E-state index is -3.90. The molecule has 2 saturated carbocycles. The number of rotatable bonds is 3. The summed E-state index contributed by atoms with van der Waals surface area (Å²) >= 11 is 0.